The van der Waals surface area contributed by atoms with Gasteiger partial charge < -0.3 is 15.0 Å². The third-order valence-corrected chi connectivity index (χ3v) is 6.68. The van der Waals surface area contributed by atoms with Crippen molar-refractivity contribution in [3.63, 3.8) is 0 Å². The molecular weight excluding hydrogens is 440 g/mol. The summed E-state index contributed by atoms with van der Waals surface area (Å²) in [6.45, 7) is 5.83. The molecule has 0 aliphatic carbocycles. The minimum absolute atomic E-state index is 0.219. The molecule has 2 aliphatic heterocycles. The summed E-state index contributed by atoms with van der Waals surface area (Å²) in [4.78, 5) is 38.3. The van der Waals surface area contributed by atoms with E-state index in [1.807, 2.05) is 48.5 Å². The number of anilines is 1. The monoisotopic (exact) mass is 466 g/mol. The number of nitrogens with zero attached hydrogens (tertiary/aromatic N) is 3. The molecule has 0 saturated carbocycles. The summed E-state index contributed by atoms with van der Waals surface area (Å²) in [7, 11) is 0. The summed E-state index contributed by atoms with van der Waals surface area (Å²) < 4.78 is 5.73. The zero-order valence-corrected chi connectivity index (χ0v) is 19.6. The van der Waals surface area contributed by atoms with Crippen LogP contribution in [0.4, 0.5) is 5.69 Å². The molecule has 0 radical (unpaired) electrons. The Kier molecular flexibility index (Phi) is 6.42. The van der Waals surface area contributed by atoms with Gasteiger partial charge in [-0.15, -0.1) is 5.10 Å². The van der Waals surface area contributed by atoms with Crippen LogP contribution in [0.25, 0.3) is 0 Å². The van der Waals surface area contributed by atoms with Gasteiger partial charge >= 0.3 is 0 Å². The van der Waals surface area contributed by atoms with Crippen molar-refractivity contribution in [3.8, 4) is 5.75 Å². The maximum atomic E-state index is 13.9. The van der Waals surface area contributed by atoms with E-state index in [0.717, 1.165) is 35.9 Å². The van der Waals surface area contributed by atoms with E-state index in [1.165, 1.54) is 18.9 Å². The minimum atomic E-state index is -1.39. The average molecular weight is 467 g/mol. The molecule has 1 atom stereocenters. The molecule has 2 aliphatic rings. The van der Waals surface area contributed by atoms with Gasteiger partial charge in [0.15, 0.2) is 5.17 Å². The smallest absolute Gasteiger partial charge is 0.271 e. The van der Waals surface area contributed by atoms with Crippen molar-refractivity contribution in [3.05, 3.63) is 59.7 Å². The van der Waals surface area contributed by atoms with Crippen LogP contribution in [0.1, 0.15) is 44.7 Å². The Labute approximate surface area is 197 Å². The maximum Gasteiger partial charge on any atom is 0.271 e. The summed E-state index contributed by atoms with van der Waals surface area (Å²) >= 11 is 1.08. The molecule has 172 valence electrons. The fraction of sp³-hybridized carbons (Fsp3) is 0.333. The number of unbranched alkanes of at least 4 members (excludes halogenated alkanes) is 1. The number of rotatable bonds is 6. The summed E-state index contributed by atoms with van der Waals surface area (Å²) in [5.74, 6) is -0.199. The quantitative estimate of drug-likeness (QED) is 0.658. The van der Waals surface area contributed by atoms with Gasteiger partial charge in [0.25, 0.3) is 5.91 Å². The normalized spacial score (nSPS) is 19.0. The van der Waals surface area contributed by atoms with E-state index in [4.69, 9.17) is 4.74 Å². The van der Waals surface area contributed by atoms with Crippen LogP contribution in [-0.2, 0) is 25.8 Å². The first-order valence-electron chi connectivity index (χ1n) is 10.9. The van der Waals surface area contributed by atoms with E-state index < -0.39 is 4.87 Å². The van der Waals surface area contributed by atoms with Crippen LogP contribution in [0.5, 0.6) is 5.75 Å². The number of ether oxygens (including phenoxy) is 1. The first kappa shape index (κ1) is 22.8. The van der Waals surface area contributed by atoms with E-state index >= 15 is 0 Å². The Morgan fingerprint density at radius 2 is 1.85 bits per heavy atom. The Hall–Kier alpha value is -3.33. The molecule has 8 nitrogen and oxygen atoms in total. The number of benzene rings is 2. The number of thioether (sulfide) groups is 1. The van der Waals surface area contributed by atoms with Gasteiger partial charge in [-0.1, -0.05) is 43.7 Å². The minimum Gasteiger partial charge on any atom is -0.494 e. The van der Waals surface area contributed by atoms with Gasteiger partial charge in [-0.05, 0) is 41.9 Å². The molecule has 0 bridgehead atoms. The number of carbonyl (C=O) groups excluding carboxylic acids is 3. The number of hydrogen-bond donors (Lipinski definition) is 1. The van der Waals surface area contributed by atoms with Crippen LogP contribution in [-0.4, -0.2) is 34.5 Å². The van der Waals surface area contributed by atoms with Crippen LogP contribution >= 0.6 is 11.8 Å². The molecule has 2 aromatic rings. The third kappa shape index (κ3) is 4.20. The second-order valence-corrected chi connectivity index (χ2v) is 9.10. The fourth-order valence-corrected chi connectivity index (χ4v) is 5.26. The Bertz CT molecular complexity index is 1120. The summed E-state index contributed by atoms with van der Waals surface area (Å²) in [5.41, 5.74) is 2.31. The van der Waals surface area contributed by atoms with Crippen molar-refractivity contribution in [2.24, 2.45) is 5.10 Å². The van der Waals surface area contributed by atoms with E-state index in [-0.39, 0.29) is 22.9 Å². The van der Waals surface area contributed by atoms with E-state index in [1.54, 1.807) is 4.90 Å². The van der Waals surface area contributed by atoms with Gasteiger partial charge in [0.2, 0.25) is 16.7 Å². The fourth-order valence-electron chi connectivity index (χ4n) is 3.93. The highest BCUT2D eigenvalue weighted by Gasteiger charge is 2.61. The van der Waals surface area contributed by atoms with Crippen LogP contribution in [0.2, 0.25) is 0 Å². The molecule has 0 aromatic heterocycles. The Morgan fingerprint density at radius 1 is 1.12 bits per heavy atom. The standard InChI is InChI=1S/C24H26N4O4S/c1-4-5-14-32-19-12-10-18(11-13-19)15-27-21-9-7-6-8-20(21)24(22(27)31)28(17(3)30)26-23(33-24)25-16(2)29/h6-13H,4-5,14-15H2,1-3H3,(H,25,26,29). The van der Waals surface area contributed by atoms with Gasteiger partial charge in [0.1, 0.15) is 5.75 Å². The maximum absolute atomic E-state index is 13.9. The Balaban J connectivity index is 1.64. The van der Waals surface area contributed by atoms with E-state index in [2.05, 4.69) is 17.3 Å². The van der Waals surface area contributed by atoms with Crippen LogP contribution in [0, 0.1) is 0 Å². The summed E-state index contributed by atoms with van der Waals surface area (Å²) in [6.07, 6.45) is 2.06. The molecule has 1 spiro atoms. The van der Waals surface area contributed by atoms with Crippen molar-refractivity contribution in [1.82, 2.24) is 10.3 Å². The van der Waals surface area contributed by atoms with Crippen molar-refractivity contribution in [2.75, 3.05) is 11.5 Å². The molecule has 0 saturated heterocycles. The van der Waals surface area contributed by atoms with Crippen molar-refractivity contribution in [1.29, 1.82) is 0 Å². The first-order valence-corrected chi connectivity index (χ1v) is 11.7. The van der Waals surface area contributed by atoms with Crippen molar-refractivity contribution < 1.29 is 19.1 Å². The number of fused-ring (bicyclic) bond motifs is 2. The molecule has 4 rings (SSSR count). The second-order valence-electron chi connectivity index (χ2n) is 7.92. The number of amides is 3. The molecule has 3 amide bonds. The van der Waals surface area contributed by atoms with Gasteiger partial charge in [0, 0.05) is 19.4 Å². The van der Waals surface area contributed by atoms with Gasteiger partial charge in [-0.3, -0.25) is 14.4 Å². The van der Waals surface area contributed by atoms with Gasteiger partial charge in [-0.25, -0.2) is 0 Å². The SMILES string of the molecule is CCCCOc1ccc(CN2C(=O)C3(SC(NC(C)=O)=NN3C(C)=O)c3ccccc32)cc1. The van der Waals surface area contributed by atoms with Gasteiger partial charge in [0.05, 0.1) is 18.8 Å². The molecular formula is C24H26N4O4S. The third-order valence-electron chi connectivity index (χ3n) is 5.44. The number of hydrogen-bond acceptors (Lipinski definition) is 6. The highest BCUT2D eigenvalue weighted by molar-refractivity contribution is 8.15. The molecule has 2 heterocycles. The van der Waals surface area contributed by atoms with Crippen molar-refractivity contribution in [2.45, 2.75) is 45.0 Å². The molecule has 33 heavy (non-hydrogen) atoms. The lowest BCUT2D eigenvalue weighted by Gasteiger charge is -2.29. The van der Waals surface area contributed by atoms with Crippen molar-refractivity contribution >= 4 is 40.3 Å². The van der Waals surface area contributed by atoms with E-state index in [9.17, 15) is 14.4 Å². The zero-order valence-electron chi connectivity index (χ0n) is 18.8. The van der Waals surface area contributed by atoms with E-state index in [0.29, 0.717) is 24.4 Å². The topological polar surface area (TPSA) is 91.3 Å². The summed E-state index contributed by atoms with van der Waals surface area (Å²) in [6, 6.07) is 15.0. The first-order chi connectivity index (χ1) is 15.9. The lowest BCUT2D eigenvalue weighted by atomic mass is 10.1. The lowest BCUT2D eigenvalue weighted by molar-refractivity contribution is -0.139. The number of carbonyl (C=O) groups is 3. The largest absolute Gasteiger partial charge is 0.494 e. The summed E-state index contributed by atoms with van der Waals surface area (Å²) in [5, 5.41) is 8.28. The zero-order chi connectivity index (χ0) is 23.6. The second kappa shape index (κ2) is 9.27. The predicted octanol–water partition coefficient (Wildman–Crippen LogP) is 3.57. The van der Waals surface area contributed by atoms with Crippen LogP contribution in [0.3, 0.4) is 0 Å². The Morgan fingerprint density at radius 3 is 2.52 bits per heavy atom. The average Bonchev–Trinajstić information content (AvgIpc) is 3.27. The highest BCUT2D eigenvalue weighted by Crippen LogP contribution is 2.54. The molecule has 1 unspecified atom stereocenters. The predicted molar refractivity (Wildman–Crippen MR) is 128 cm³/mol. The molecule has 9 heteroatoms. The number of amidine groups is 1. The highest BCUT2D eigenvalue weighted by atomic mass is 32.2. The lowest BCUT2D eigenvalue weighted by Crippen LogP contribution is -2.48. The molecule has 2 aromatic carbocycles. The number of hydrazone groups is 1. The number of nitrogens with one attached hydrogen (secondary N) is 1. The number of para-hydroxylation sites is 1. The van der Waals surface area contributed by atoms with Crippen LogP contribution < -0.4 is 15.0 Å². The van der Waals surface area contributed by atoms with Gasteiger partial charge in [-0.2, -0.15) is 5.01 Å². The molecule has 1 N–H and O–H groups in total. The van der Waals surface area contributed by atoms with Crippen LogP contribution in [0.15, 0.2) is 53.6 Å². The molecule has 0 fully saturated rings.